The van der Waals surface area contributed by atoms with Gasteiger partial charge in [-0.05, 0) is 0 Å². The van der Waals surface area contributed by atoms with Crippen molar-refractivity contribution in [3.63, 3.8) is 0 Å². The molecule has 0 heterocycles. The van der Waals surface area contributed by atoms with E-state index in [1.54, 1.807) is 0 Å². The molecule has 0 atom stereocenters. The van der Waals surface area contributed by atoms with Crippen LogP contribution in [-0.4, -0.2) is 5.78 Å². The number of carbonyl (C=O) groups excluding carboxylic acids is 1. The van der Waals surface area contributed by atoms with Gasteiger partial charge in [0, 0.05) is 12.8 Å². The van der Waals surface area contributed by atoms with Crippen molar-refractivity contribution in [2.45, 2.75) is 26.7 Å². The average Bonchev–Trinajstić information content (AvgIpc) is 1.91. The molecule has 0 aromatic carbocycles. The Morgan fingerprint density at radius 2 is 1.50 bits per heavy atom. The highest BCUT2D eigenvalue weighted by Crippen LogP contribution is 1.82. The largest absolute Gasteiger partial charge is 0.300 e. The number of ketones is 1. The fraction of sp³-hybridized carbons (Fsp3) is 0.571. The molecule has 0 spiro atoms. The molecule has 1 heteroatoms. The summed E-state index contributed by atoms with van der Waals surface area (Å²) < 4.78 is 0. The average molecular weight is 114 g/mol. The van der Waals surface area contributed by atoms with E-state index in [4.69, 9.17) is 0 Å². The minimum Gasteiger partial charge on any atom is -0.300 e. The van der Waals surface area contributed by atoms with E-state index in [-0.39, 0.29) is 0 Å². The van der Waals surface area contributed by atoms with E-state index in [1.165, 1.54) is 0 Å². The van der Waals surface area contributed by atoms with Gasteiger partial charge in [0.2, 0.25) is 0 Å². The van der Waals surface area contributed by atoms with Gasteiger partial charge in [-0.15, -0.1) is 13.2 Å². The Bertz CT molecular complexity index is 51.4. The second kappa shape index (κ2) is 9.65. The van der Waals surface area contributed by atoms with Gasteiger partial charge >= 0.3 is 0 Å². The fourth-order valence-corrected chi connectivity index (χ4v) is 0.250. The first kappa shape index (κ1) is 10.4. The van der Waals surface area contributed by atoms with Crippen molar-refractivity contribution < 1.29 is 4.79 Å². The molecule has 0 aliphatic carbocycles. The molecule has 0 amide bonds. The monoisotopic (exact) mass is 114 g/mol. The molecule has 8 heavy (non-hydrogen) atoms. The summed E-state index contributed by atoms with van der Waals surface area (Å²) in [4.78, 5) is 10.2. The van der Waals surface area contributed by atoms with Crippen LogP contribution in [0.3, 0.4) is 0 Å². The maximum Gasteiger partial charge on any atom is 0.132 e. The molecule has 0 saturated carbocycles. The molecule has 0 saturated heterocycles. The molecule has 0 aliphatic heterocycles. The number of hydrogen-bond donors (Lipinski definition) is 0. The lowest BCUT2D eigenvalue weighted by atomic mass is 10.3. The van der Waals surface area contributed by atoms with Crippen molar-refractivity contribution in [1.29, 1.82) is 0 Å². The van der Waals surface area contributed by atoms with Crippen molar-refractivity contribution in [1.82, 2.24) is 0 Å². The molecule has 0 bridgehead atoms. The van der Waals surface area contributed by atoms with Crippen LogP contribution in [0.2, 0.25) is 0 Å². The van der Waals surface area contributed by atoms with Crippen LogP contribution in [-0.2, 0) is 4.79 Å². The van der Waals surface area contributed by atoms with Crippen LogP contribution in [0.25, 0.3) is 0 Å². The Morgan fingerprint density at radius 3 is 1.50 bits per heavy atom. The van der Waals surface area contributed by atoms with Crippen molar-refractivity contribution in [2.75, 3.05) is 0 Å². The topological polar surface area (TPSA) is 17.1 Å². The summed E-state index contributed by atoms with van der Waals surface area (Å²) in [5.41, 5.74) is 0. The zero-order valence-electron chi connectivity index (χ0n) is 5.74. The van der Waals surface area contributed by atoms with Crippen LogP contribution >= 0.6 is 0 Å². The van der Waals surface area contributed by atoms with Crippen molar-refractivity contribution in [2.24, 2.45) is 0 Å². The van der Waals surface area contributed by atoms with Crippen molar-refractivity contribution >= 4 is 5.78 Å². The summed E-state index contributed by atoms with van der Waals surface area (Å²) in [5.74, 6) is 0.343. The Labute approximate surface area is 51.4 Å². The molecule has 48 valence electrons. The maximum absolute atomic E-state index is 10.2. The summed E-state index contributed by atoms with van der Waals surface area (Å²) in [6, 6.07) is 0. The molecule has 0 aromatic heterocycles. The van der Waals surface area contributed by atoms with Crippen LogP contribution in [0.1, 0.15) is 26.7 Å². The van der Waals surface area contributed by atoms with Gasteiger partial charge in [0.1, 0.15) is 5.78 Å². The minimum absolute atomic E-state index is 0.343. The highest BCUT2D eigenvalue weighted by Gasteiger charge is 1.86. The second-order valence-electron chi connectivity index (χ2n) is 1.25. The van der Waals surface area contributed by atoms with E-state index < -0.39 is 0 Å². The van der Waals surface area contributed by atoms with Gasteiger partial charge in [0.05, 0.1) is 0 Å². The Hall–Kier alpha value is -0.590. The highest BCUT2D eigenvalue weighted by atomic mass is 16.1. The van der Waals surface area contributed by atoms with Crippen LogP contribution < -0.4 is 0 Å². The second-order valence-corrected chi connectivity index (χ2v) is 1.25. The first-order chi connectivity index (χ1) is 3.81. The Kier molecular flexibility index (Phi) is 12.5. The number of rotatable bonds is 2. The smallest absolute Gasteiger partial charge is 0.132 e. The van der Waals surface area contributed by atoms with Crippen LogP contribution in [0.4, 0.5) is 0 Å². The van der Waals surface area contributed by atoms with Gasteiger partial charge in [-0.3, -0.25) is 4.79 Å². The first-order valence-corrected chi connectivity index (χ1v) is 2.83. The van der Waals surface area contributed by atoms with E-state index in [0.717, 1.165) is 0 Å². The number of hydrogen-bond acceptors (Lipinski definition) is 1. The van der Waals surface area contributed by atoms with Crippen LogP contribution in [0, 0.1) is 0 Å². The lowest BCUT2D eigenvalue weighted by molar-refractivity contribution is -0.118. The van der Waals surface area contributed by atoms with Gasteiger partial charge < -0.3 is 0 Å². The minimum atomic E-state index is 0.343. The van der Waals surface area contributed by atoms with Gasteiger partial charge in [-0.2, -0.15) is 0 Å². The highest BCUT2D eigenvalue weighted by molar-refractivity contribution is 5.77. The molecular formula is C7H14O. The molecule has 0 aliphatic rings. The third-order valence-corrected chi connectivity index (χ3v) is 0.789. The molecule has 0 unspecified atom stereocenters. The van der Waals surface area contributed by atoms with Crippen LogP contribution in [0.5, 0.6) is 0 Å². The lowest BCUT2D eigenvalue weighted by Crippen LogP contribution is -1.88. The standard InChI is InChI=1S/C5H10O.C2H4/c1-3-5(6)4-2;1-2/h3-4H2,1-2H3;1-2H2. The van der Waals surface area contributed by atoms with Gasteiger partial charge in [-0.1, -0.05) is 13.8 Å². The molecule has 0 radical (unpaired) electrons. The van der Waals surface area contributed by atoms with E-state index in [1.807, 2.05) is 13.8 Å². The molecule has 0 fully saturated rings. The predicted octanol–water partition coefficient (Wildman–Crippen LogP) is 2.18. The lowest BCUT2D eigenvalue weighted by Gasteiger charge is -1.81. The SMILES string of the molecule is C=C.CCC(=O)CC. The fourth-order valence-electron chi connectivity index (χ4n) is 0.250. The van der Waals surface area contributed by atoms with Gasteiger partial charge in [0.15, 0.2) is 0 Å². The van der Waals surface area contributed by atoms with Crippen molar-refractivity contribution in [3.8, 4) is 0 Å². The summed E-state index contributed by atoms with van der Waals surface area (Å²) >= 11 is 0. The van der Waals surface area contributed by atoms with Crippen LogP contribution in [0.15, 0.2) is 13.2 Å². The molecule has 1 nitrogen and oxygen atoms in total. The molecule has 0 rings (SSSR count). The summed E-state index contributed by atoms with van der Waals surface area (Å²) in [6.45, 7) is 9.76. The first-order valence-electron chi connectivity index (χ1n) is 2.83. The quantitative estimate of drug-likeness (QED) is 0.503. The van der Waals surface area contributed by atoms with E-state index in [0.29, 0.717) is 18.6 Å². The number of carbonyl (C=O) groups is 1. The predicted molar refractivity (Wildman–Crippen MR) is 36.8 cm³/mol. The van der Waals surface area contributed by atoms with Crippen molar-refractivity contribution in [3.05, 3.63) is 13.2 Å². The maximum atomic E-state index is 10.2. The van der Waals surface area contributed by atoms with E-state index >= 15 is 0 Å². The molecule has 0 aromatic rings. The zero-order valence-corrected chi connectivity index (χ0v) is 5.74. The normalized spacial score (nSPS) is 6.75. The Morgan fingerprint density at radius 1 is 1.25 bits per heavy atom. The molecular weight excluding hydrogens is 100 g/mol. The third-order valence-electron chi connectivity index (χ3n) is 0.789. The van der Waals surface area contributed by atoms with E-state index in [2.05, 4.69) is 13.2 Å². The Balaban J connectivity index is 0. The zero-order chi connectivity index (χ0) is 6.99. The van der Waals surface area contributed by atoms with E-state index in [9.17, 15) is 4.79 Å². The van der Waals surface area contributed by atoms with Gasteiger partial charge in [-0.25, -0.2) is 0 Å². The third kappa shape index (κ3) is 9.05. The summed E-state index contributed by atoms with van der Waals surface area (Å²) in [6.07, 6.45) is 1.38. The summed E-state index contributed by atoms with van der Waals surface area (Å²) in [5, 5.41) is 0. The molecule has 0 N–H and O–H groups in total. The van der Waals surface area contributed by atoms with Gasteiger partial charge in [0.25, 0.3) is 0 Å². The number of Topliss-reactive ketones (excluding diaryl/α,β-unsaturated/α-hetero) is 1. The summed E-state index contributed by atoms with van der Waals surface area (Å²) in [7, 11) is 0.